The average molecular weight is 318 g/mol. The molecule has 0 aliphatic carbocycles. The van der Waals surface area contributed by atoms with Crippen molar-refractivity contribution >= 4 is 33.2 Å². The Morgan fingerprint density at radius 1 is 1.47 bits per heavy atom. The highest BCUT2D eigenvalue weighted by molar-refractivity contribution is 9.08. The van der Waals surface area contributed by atoms with Gasteiger partial charge >= 0.3 is 0 Å². The van der Waals surface area contributed by atoms with E-state index in [1.807, 2.05) is 12.1 Å². The largest absolute Gasteiger partial charge is 0.368 e. The lowest BCUT2D eigenvalue weighted by atomic mass is 10.2. The van der Waals surface area contributed by atoms with Crippen molar-refractivity contribution in [2.24, 2.45) is 0 Å². The summed E-state index contributed by atoms with van der Waals surface area (Å²) in [4.78, 5) is 4.70. The highest BCUT2D eigenvalue weighted by Crippen LogP contribution is 2.34. The van der Waals surface area contributed by atoms with Crippen molar-refractivity contribution in [3.05, 3.63) is 28.8 Å². The third-order valence-electron chi connectivity index (χ3n) is 3.42. The maximum atomic E-state index is 6.34. The number of hydrogen-bond donors (Lipinski definition) is 0. The van der Waals surface area contributed by atoms with Gasteiger partial charge in [-0.2, -0.15) is 0 Å². The molecule has 1 aromatic carbocycles. The highest BCUT2D eigenvalue weighted by Gasteiger charge is 2.26. The van der Waals surface area contributed by atoms with Crippen LogP contribution in [0.25, 0.3) is 0 Å². The summed E-state index contributed by atoms with van der Waals surface area (Å²) in [6.45, 7) is 2.16. The van der Waals surface area contributed by atoms with E-state index in [9.17, 15) is 0 Å². The first kappa shape index (κ1) is 13.2. The minimum atomic E-state index is 0.634. The smallest absolute Gasteiger partial charge is 0.0642 e. The van der Waals surface area contributed by atoms with Gasteiger partial charge in [-0.1, -0.05) is 39.7 Å². The van der Waals surface area contributed by atoms with Crippen molar-refractivity contribution in [1.29, 1.82) is 0 Å². The molecule has 1 aromatic rings. The van der Waals surface area contributed by atoms with Crippen LogP contribution in [0.4, 0.5) is 5.69 Å². The Morgan fingerprint density at radius 3 is 2.82 bits per heavy atom. The van der Waals surface area contributed by atoms with Crippen LogP contribution in [-0.2, 0) is 5.33 Å². The third kappa shape index (κ3) is 2.78. The Balaban J connectivity index is 2.24. The zero-order valence-corrected chi connectivity index (χ0v) is 12.6. The van der Waals surface area contributed by atoms with E-state index < -0.39 is 0 Å². The van der Waals surface area contributed by atoms with Gasteiger partial charge in [0, 0.05) is 24.5 Å². The number of hydrogen-bond acceptors (Lipinski definition) is 2. The fraction of sp³-hybridized carbons (Fsp3) is 0.538. The lowest BCUT2D eigenvalue weighted by molar-refractivity contribution is 0.315. The van der Waals surface area contributed by atoms with E-state index in [0.29, 0.717) is 6.04 Å². The standard InChI is InChI=1S/C13H18BrClN2/c1-16(2)11-6-7-17(9-11)13-10(8-14)4-3-5-12(13)15/h3-5,11H,6-9H2,1-2H3. The first-order chi connectivity index (χ1) is 8.13. The van der Waals surface area contributed by atoms with Crippen molar-refractivity contribution in [3.63, 3.8) is 0 Å². The van der Waals surface area contributed by atoms with Crippen LogP contribution in [0.3, 0.4) is 0 Å². The Hall–Kier alpha value is -0.250. The van der Waals surface area contributed by atoms with Crippen LogP contribution in [0.1, 0.15) is 12.0 Å². The van der Waals surface area contributed by atoms with Gasteiger partial charge in [-0.15, -0.1) is 0 Å². The molecule has 17 heavy (non-hydrogen) atoms. The number of likely N-dealkylation sites (N-methyl/N-ethyl adjacent to an activating group) is 1. The molecule has 2 nitrogen and oxygen atoms in total. The zero-order chi connectivity index (χ0) is 12.4. The number of para-hydroxylation sites is 1. The molecule has 4 heteroatoms. The van der Waals surface area contributed by atoms with Crippen LogP contribution in [0.15, 0.2) is 18.2 Å². The average Bonchev–Trinajstić information content (AvgIpc) is 2.77. The summed E-state index contributed by atoms with van der Waals surface area (Å²) in [5.41, 5.74) is 2.48. The molecule has 1 heterocycles. The van der Waals surface area contributed by atoms with Gasteiger partial charge < -0.3 is 9.80 Å². The molecular weight excluding hydrogens is 300 g/mol. The molecule has 0 N–H and O–H groups in total. The first-order valence-electron chi connectivity index (χ1n) is 5.88. The fourth-order valence-corrected chi connectivity index (χ4v) is 3.15. The van der Waals surface area contributed by atoms with Gasteiger partial charge in [0.2, 0.25) is 0 Å². The second kappa shape index (κ2) is 5.59. The van der Waals surface area contributed by atoms with Crippen LogP contribution in [0.2, 0.25) is 5.02 Å². The summed E-state index contributed by atoms with van der Waals surface area (Å²) in [5.74, 6) is 0. The van der Waals surface area contributed by atoms with E-state index in [1.54, 1.807) is 0 Å². The summed E-state index contributed by atoms with van der Waals surface area (Å²) >= 11 is 9.88. The van der Waals surface area contributed by atoms with Crippen LogP contribution in [0, 0.1) is 0 Å². The number of alkyl halides is 1. The lowest BCUT2D eigenvalue weighted by Crippen LogP contribution is -2.31. The summed E-state index contributed by atoms with van der Waals surface area (Å²) < 4.78 is 0. The Morgan fingerprint density at radius 2 is 2.24 bits per heavy atom. The number of anilines is 1. The summed E-state index contributed by atoms with van der Waals surface area (Å²) in [6, 6.07) is 6.77. The maximum absolute atomic E-state index is 6.34. The van der Waals surface area contributed by atoms with E-state index in [-0.39, 0.29) is 0 Å². The minimum absolute atomic E-state index is 0.634. The van der Waals surface area contributed by atoms with Gasteiger partial charge in [-0.05, 0) is 32.1 Å². The molecule has 2 rings (SSSR count). The van der Waals surface area contributed by atoms with E-state index >= 15 is 0 Å². The second-order valence-corrected chi connectivity index (χ2v) is 5.70. The van der Waals surface area contributed by atoms with Gasteiger partial charge in [0.05, 0.1) is 10.7 Å². The van der Waals surface area contributed by atoms with Gasteiger partial charge in [0.25, 0.3) is 0 Å². The molecule has 94 valence electrons. The predicted molar refractivity (Wildman–Crippen MR) is 78.4 cm³/mol. The lowest BCUT2D eigenvalue weighted by Gasteiger charge is -2.24. The van der Waals surface area contributed by atoms with Crippen LogP contribution < -0.4 is 4.90 Å². The Kier molecular flexibility index (Phi) is 4.34. The number of benzene rings is 1. The van der Waals surface area contributed by atoms with Gasteiger partial charge in [-0.25, -0.2) is 0 Å². The van der Waals surface area contributed by atoms with Gasteiger partial charge in [-0.3, -0.25) is 0 Å². The molecule has 0 aromatic heterocycles. The number of nitrogens with zero attached hydrogens (tertiary/aromatic N) is 2. The molecule has 1 fully saturated rings. The molecule has 0 radical (unpaired) electrons. The monoisotopic (exact) mass is 316 g/mol. The highest BCUT2D eigenvalue weighted by atomic mass is 79.9. The van der Waals surface area contributed by atoms with Crippen LogP contribution in [0.5, 0.6) is 0 Å². The van der Waals surface area contributed by atoms with Crippen LogP contribution >= 0.6 is 27.5 Å². The molecule has 0 bridgehead atoms. The quantitative estimate of drug-likeness (QED) is 0.789. The van der Waals surface area contributed by atoms with Crippen molar-refractivity contribution in [3.8, 4) is 0 Å². The molecule has 1 aliphatic rings. The van der Waals surface area contributed by atoms with E-state index in [0.717, 1.165) is 23.4 Å². The molecule has 1 unspecified atom stereocenters. The molecule has 0 saturated carbocycles. The number of rotatable bonds is 3. The van der Waals surface area contributed by atoms with Gasteiger partial charge in [0.15, 0.2) is 0 Å². The third-order valence-corrected chi connectivity index (χ3v) is 4.33. The molecule has 0 spiro atoms. The molecule has 1 atom stereocenters. The Labute approximate surface area is 117 Å². The molecule has 1 saturated heterocycles. The van der Waals surface area contributed by atoms with E-state index in [1.165, 1.54) is 17.7 Å². The molecular formula is C13H18BrClN2. The zero-order valence-electron chi connectivity index (χ0n) is 10.3. The number of halogens is 2. The Bertz CT molecular complexity index is 395. The van der Waals surface area contributed by atoms with Crippen molar-refractivity contribution in [1.82, 2.24) is 4.90 Å². The normalized spacial score (nSPS) is 20.3. The maximum Gasteiger partial charge on any atom is 0.0642 e. The topological polar surface area (TPSA) is 6.48 Å². The molecule has 0 amide bonds. The summed E-state index contributed by atoms with van der Waals surface area (Å²) in [7, 11) is 4.29. The van der Waals surface area contributed by atoms with Crippen LogP contribution in [-0.4, -0.2) is 38.1 Å². The summed E-state index contributed by atoms with van der Waals surface area (Å²) in [6.07, 6.45) is 1.21. The van der Waals surface area contributed by atoms with E-state index in [2.05, 4.69) is 45.9 Å². The van der Waals surface area contributed by atoms with Crippen molar-refractivity contribution in [2.45, 2.75) is 17.8 Å². The predicted octanol–water partition coefficient (Wildman–Crippen LogP) is 3.38. The first-order valence-corrected chi connectivity index (χ1v) is 7.38. The van der Waals surface area contributed by atoms with E-state index in [4.69, 9.17) is 11.6 Å². The fourth-order valence-electron chi connectivity index (χ4n) is 2.39. The summed E-state index contributed by atoms with van der Waals surface area (Å²) in [5, 5.41) is 1.72. The minimum Gasteiger partial charge on any atom is -0.368 e. The SMILES string of the molecule is CN(C)C1CCN(c2c(Cl)cccc2CBr)C1. The van der Waals surface area contributed by atoms with Crippen molar-refractivity contribution < 1.29 is 0 Å². The van der Waals surface area contributed by atoms with Crippen molar-refractivity contribution in [2.75, 3.05) is 32.1 Å². The molecule has 1 aliphatic heterocycles. The second-order valence-electron chi connectivity index (χ2n) is 4.73. The van der Waals surface area contributed by atoms with Gasteiger partial charge in [0.1, 0.15) is 0 Å².